The molecule has 1 saturated heterocycles. The second-order valence-electron chi connectivity index (χ2n) is 5.32. The summed E-state index contributed by atoms with van der Waals surface area (Å²) in [6.07, 6.45) is 0.157. The molecular formula is C15H21ClN2O3. The average molecular weight is 313 g/mol. The van der Waals surface area contributed by atoms with Crippen molar-refractivity contribution in [2.45, 2.75) is 26.0 Å². The molecule has 1 aromatic rings. The van der Waals surface area contributed by atoms with Crippen molar-refractivity contribution < 1.29 is 14.3 Å². The molecule has 0 spiro atoms. The minimum Gasteiger partial charge on any atom is -0.495 e. The van der Waals surface area contributed by atoms with Gasteiger partial charge in [-0.3, -0.25) is 9.69 Å². The number of morpholine rings is 1. The first-order valence-electron chi connectivity index (χ1n) is 6.98. The topological polar surface area (TPSA) is 50.8 Å². The van der Waals surface area contributed by atoms with Gasteiger partial charge in [-0.2, -0.15) is 0 Å². The van der Waals surface area contributed by atoms with Crippen molar-refractivity contribution in [3.05, 3.63) is 23.2 Å². The molecule has 5 nitrogen and oxygen atoms in total. The maximum absolute atomic E-state index is 12.1. The Morgan fingerprint density at radius 1 is 1.52 bits per heavy atom. The van der Waals surface area contributed by atoms with Crippen LogP contribution in [0.25, 0.3) is 0 Å². The largest absolute Gasteiger partial charge is 0.495 e. The number of hydrogen-bond acceptors (Lipinski definition) is 4. The predicted octanol–water partition coefficient (Wildman–Crippen LogP) is 2.40. The van der Waals surface area contributed by atoms with Crippen LogP contribution in [0.4, 0.5) is 5.69 Å². The minimum atomic E-state index is -0.0582. The molecule has 0 radical (unpaired) electrons. The zero-order valence-corrected chi connectivity index (χ0v) is 13.3. The summed E-state index contributed by atoms with van der Waals surface area (Å²) < 4.78 is 10.6. The minimum absolute atomic E-state index is 0.0582. The Morgan fingerprint density at radius 3 is 2.95 bits per heavy atom. The van der Waals surface area contributed by atoms with E-state index in [1.54, 1.807) is 25.3 Å². The van der Waals surface area contributed by atoms with Crippen LogP contribution in [0, 0.1) is 0 Å². The molecule has 1 heterocycles. The molecule has 1 fully saturated rings. The van der Waals surface area contributed by atoms with Crippen molar-refractivity contribution in [3.8, 4) is 5.75 Å². The van der Waals surface area contributed by atoms with Crippen molar-refractivity contribution in [3.63, 3.8) is 0 Å². The van der Waals surface area contributed by atoms with E-state index in [0.717, 1.165) is 6.54 Å². The number of anilines is 1. The summed E-state index contributed by atoms with van der Waals surface area (Å²) in [5.74, 6) is 0.530. The smallest absolute Gasteiger partial charge is 0.238 e. The first-order valence-corrected chi connectivity index (χ1v) is 7.36. The third-order valence-electron chi connectivity index (χ3n) is 3.52. The van der Waals surface area contributed by atoms with Gasteiger partial charge in [0.05, 0.1) is 31.4 Å². The van der Waals surface area contributed by atoms with Gasteiger partial charge in [-0.1, -0.05) is 11.6 Å². The van der Waals surface area contributed by atoms with Crippen LogP contribution in [0.2, 0.25) is 5.02 Å². The number of amides is 1. The second-order valence-corrected chi connectivity index (χ2v) is 5.73. The van der Waals surface area contributed by atoms with Crippen molar-refractivity contribution in [2.24, 2.45) is 0 Å². The zero-order valence-electron chi connectivity index (χ0n) is 12.6. The number of nitrogens with one attached hydrogen (secondary N) is 1. The molecular weight excluding hydrogens is 292 g/mol. The molecule has 2 rings (SSSR count). The standard InChI is InChI=1S/C15H21ClN2O3/c1-10-9-21-11(2)7-18(10)8-15(19)17-12-4-5-14(20-3)13(16)6-12/h4-6,10-11H,7-9H2,1-3H3,(H,17,19)/t10-,11-/m1/s1. The molecule has 116 valence electrons. The summed E-state index contributed by atoms with van der Waals surface area (Å²) in [5, 5.41) is 3.33. The number of rotatable bonds is 4. The van der Waals surface area contributed by atoms with Gasteiger partial charge in [0.2, 0.25) is 5.91 Å². The molecule has 1 aliphatic rings. The van der Waals surface area contributed by atoms with Crippen LogP contribution >= 0.6 is 11.6 Å². The Kier molecular flexibility index (Phi) is 5.45. The SMILES string of the molecule is COc1ccc(NC(=O)CN2C[C@@H](C)OC[C@H]2C)cc1Cl. The van der Waals surface area contributed by atoms with Crippen LogP contribution in [-0.2, 0) is 9.53 Å². The second kappa shape index (κ2) is 7.11. The fourth-order valence-corrected chi connectivity index (χ4v) is 2.58. The first kappa shape index (κ1) is 16.1. The van der Waals surface area contributed by atoms with E-state index in [9.17, 15) is 4.79 Å². The molecule has 1 N–H and O–H groups in total. The van der Waals surface area contributed by atoms with Crippen molar-refractivity contribution >= 4 is 23.2 Å². The predicted molar refractivity (Wildman–Crippen MR) is 83.1 cm³/mol. The van der Waals surface area contributed by atoms with Crippen molar-refractivity contribution in [2.75, 3.05) is 32.1 Å². The molecule has 21 heavy (non-hydrogen) atoms. The molecule has 0 aromatic heterocycles. The summed E-state index contributed by atoms with van der Waals surface area (Å²) in [6, 6.07) is 5.43. The van der Waals surface area contributed by atoms with Gasteiger partial charge >= 0.3 is 0 Å². The Bertz CT molecular complexity index is 510. The molecule has 0 saturated carbocycles. The lowest BCUT2D eigenvalue weighted by Crippen LogP contribution is -2.50. The van der Waals surface area contributed by atoms with Crippen LogP contribution in [0.1, 0.15) is 13.8 Å². The van der Waals surface area contributed by atoms with Crippen molar-refractivity contribution in [1.82, 2.24) is 4.90 Å². The van der Waals surface area contributed by atoms with Crippen LogP contribution in [0.3, 0.4) is 0 Å². The van der Waals surface area contributed by atoms with Crippen LogP contribution in [0.5, 0.6) is 5.75 Å². The quantitative estimate of drug-likeness (QED) is 0.927. The summed E-state index contributed by atoms with van der Waals surface area (Å²) in [7, 11) is 1.56. The fraction of sp³-hybridized carbons (Fsp3) is 0.533. The average Bonchev–Trinajstić information content (AvgIpc) is 2.43. The van der Waals surface area contributed by atoms with E-state index in [1.807, 2.05) is 6.92 Å². The van der Waals surface area contributed by atoms with E-state index < -0.39 is 0 Å². The van der Waals surface area contributed by atoms with E-state index in [1.165, 1.54) is 0 Å². The summed E-state index contributed by atoms with van der Waals surface area (Å²) in [6.45, 7) is 5.84. The molecule has 0 bridgehead atoms. The first-order chi connectivity index (χ1) is 9.99. The normalized spacial score (nSPS) is 22.9. The van der Waals surface area contributed by atoms with E-state index in [4.69, 9.17) is 21.1 Å². The van der Waals surface area contributed by atoms with Crippen LogP contribution in [0.15, 0.2) is 18.2 Å². The third kappa shape index (κ3) is 4.33. The maximum atomic E-state index is 12.1. The third-order valence-corrected chi connectivity index (χ3v) is 3.81. The number of hydrogen-bond donors (Lipinski definition) is 1. The highest BCUT2D eigenvalue weighted by Gasteiger charge is 2.25. The van der Waals surface area contributed by atoms with E-state index in [-0.39, 0.29) is 18.1 Å². The number of methoxy groups -OCH3 is 1. The Hall–Kier alpha value is -1.30. The number of carbonyl (C=O) groups excluding carboxylic acids is 1. The van der Waals surface area contributed by atoms with Gasteiger partial charge in [0.1, 0.15) is 5.75 Å². The molecule has 1 aromatic carbocycles. The number of carbonyl (C=O) groups is 1. The molecule has 1 amide bonds. The monoisotopic (exact) mass is 312 g/mol. The molecule has 6 heteroatoms. The summed E-state index contributed by atoms with van der Waals surface area (Å²) in [5.41, 5.74) is 0.666. The highest BCUT2D eigenvalue weighted by molar-refractivity contribution is 6.32. The van der Waals surface area contributed by atoms with Crippen LogP contribution in [-0.4, -0.2) is 49.8 Å². The zero-order chi connectivity index (χ0) is 15.4. The number of halogens is 1. The number of ether oxygens (including phenoxy) is 2. The van der Waals surface area contributed by atoms with Crippen molar-refractivity contribution in [1.29, 1.82) is 0 Å². The highest BCUT2D eigenvalue weighted by Crippen LogP contribution is 2.27. The molecule has 2 atom stereocenters. The molecule has 1 aliphatic heterocycles. The Labute approximate surface area is 130 Å². The Balaban J connectivity index is 1.93. The van der Waals surface area contributed by atoms with Gasteiger partial charge in [-0.25, -0.2) is 0 Å². The lowest BCUT2D eigenvalue weighted by molar-refractivity contribution is -0.121. The lowest BCUT2D eigenvalue weighted by Gasteiger charge is -2.36. The Morgan fingerprint density at radius 2 is 2.29 bits per heavy atom. The van der Waals surface area contributed by atoms with Gasteiger partial charge in [0.25, 0.3) is 0 Å². The maximum Gasteiger partial charge on any atom is 0.238 e. The fourth-order valence-electron chi connectivity index (χ4n) is 2.32. The number of benzene rings is 1. The van der Waals surface area contributed by atoms with Crippen LogP contribution < -0.4 is 10.1 Å². The summed E-state index contributed by atoms with van der Waals surface area (Å²) >= 11 is 6.04. The highest BCUT2D eigenvalue weighted by atomic mass is 35.5. The molecule has 0 aliphatic carbocycles. The lowest BCUT2D eigenvalue weighted by atomic mass is 10.2. The van der Waals surface area contributed by atoms with E-state index in [0.29, 0.717) is 29.6 Å². The van der Waals surface area contributed by atoms with E-state index >= 15 is 0 Å². The van der Waals surface area contributed by atoms with Gasteiger partial charge < -0.3 is 14.8 Å². The van der Waals surface area contributed by atoms with Gasteiger partial charge in [0.15, 0.2) is 0 Å². The van der Waals surface area contributed by atoms with Gasteiger partial charge in [-0.05, 0) is 32.0 Å². The number of nitrogens with zero attached hydrogens (tertiary/aromatic N) is 1. The molecule has 0 unspecified atom stereocenters. The van der Waals surface area contributed by atoms with Gasteiger partial charge in [0, 0.05) is 18.3 Å². The summed E-state index contributed by atoms with van der Waals surface area (Å²) in [4.78, 5) is 14.3. The van der Waals surface area contributed by atoms with E-state index in [2.05, 4.69) is 17.1 Å². The van der Waals surface area contributed by atoms with Gasteiger partial charge in [-0.15, -0.1) is 0 Å².